The Morgan fingerprint density at radius 1 is 0.265 bits per heavy atom. The second-order valence-corrected chi connectivity index (χ2v) is 32.8. The molecule has 0 amide bonds. The van der Waals surface area contributed by atoms with Crippen molar-refractivity contribution in [2.45, 2.75) is 81.6 Å². The fraction of sp³-hybridized carbons (Fsp3) is 0.250. The van der Waals surface area contributed by atoms with Crippen molar-refractivity contribution >= 4 is 77.4 Å². The van der Waals surface area contributed by atoms with Gasteiger partial charge in [0.2, 0.25) is 0 Å². The molecule has 0 fully saturated rings. The van der Waals surface area contributed by atoms with Crippen LogP contribution < -0.4 is 62.4 Å². The molecule has 0 heterocycles. The fourth-order valence-electron chi connectivity index (χ4n) is 12.1. The second kappa shape index (κ2) is 31.4. The van der Waals surface area contributed by atoms with Crippen LogP contribution in [0.4, 0.5) is 0 Å². The van der Waals surface area contributed by atoms with Crippen LogP contribution in [0.1, 0.15) is 69.3 Å². The van der Waals surface area contributed by atoms with Crippen molar-refractivity contribution < 1.29 is 34.6 Å². The van der Waals surface area contributed by atoms with Gasteiger partial charge in [-0.3, -0.25) is 0 Å². The summed E-state index contributed by atoms with van der Waals surface area (Å²) in [6.07, 6.45) is 5.40. The third-order valence-corrected chi connectivity index (χ3v) is 30.6. The van der Waals surface area contributed by atoms with E-state index >= 15 is 0 Å². The van der Waals surface area contributed by atoms with Gasteiger partial charge < -0.3 is 34.6 Å². The third kappa shape index (κ3) is 16.0. The molecule has 0 aliphatic rings. The molecule has 7 nitrogen and oxygen atoms in total. The molecule has 0 aromatic heterocycles. The van der Waals surface area contributed by atoms with Gasteiger partial charge in [-0.15, -0.1) is 0 Å². The second-order valence-electron chi connectivity index (χ2n) is 21.4. The van der Waals surface area contributed by atoms with E-state index in [1.54, 1.807) is 0 Å². The summed E-state index contributed by atoms with van der Waals surface area (Å²) in [7, 11) is -10.9. The quantitative estimate of drug-likeness (QED) is 0.0725. The van der Waals surface area contributed by atoms with Crippen molar-refractivity contribution in [3.8, 4) is 0 Å². The van der Waals surface area contributed by atoms with Crippen LogP contribution in [-0.2, 0) is 4.57 Å². The highest BCUT2D eigenvalue weighted by Crippen LogP contribution is 2.60. The third-order valence-electron chi connectivity index (χ3n) is 15.7. The van der Waals surface area contributed by atoms with Crippen LogP contribution in [-0.4, -0.2) is 53.6 Å². The summed E-state index contributed by atoms with van der Waals surface area (Å²) in [5.74, 6) is 0. The molecule has 11 heteroatoms. The molecule has 0 unspecified atom stereocenters. The molecular weight excluding hydrogens is 1100 g/mol. The van der Waals surface area contributed by atoms with Crippen LogP contribution in [0.2, 0.25) is 0 Å². The molecule has 0 atom stereocenters. The molecule has 0 bridgehead atoms. The Kier molecular flexibility index (Phi) is 25.1. The first-order chi connectivity index (χ1) is 39.8. The topological polar surface area (TPSA) is 147 Å². The zero-order chi connectivity index (χ0) is 60.2. The number of benzene rings is 9. The summed E-state index contributed by atoms with van der Waals surface area (Å²) in [6, 6.07) is 79.3. The molecule has 9 aromatic carbocycles. The lowest BCUT2D eigenvalue weighted by molar-refractivity contribution is -0.432. The van der Waals surface area contributed by atoms with Crippen LogP contribution in [0.25, 0.3) is 0 Å². The lowest BCUT2D eigenvalue weighted by Crippen LogP contribution is -2.37. The molecule has 0 aliphatic carbocycles. The first kappa shape index (κ1) is 66.4. The first-order valence-electron chi connectivity index (χ1n) is 28.6. The van der Waals surface area contributed by atoms with Crippen LogP contribution >= 0.6 is 29.6 Å². The summed E-state index contributed by atoms with van der Waals surface area (Å²) in [4.78, 5) is 25.6. The fourth-order valence-corrected chi connectivity index (χ4v) is 27.6. The maximum absolute atomic E-state index is 9.70. The average Bonchev–Trinajstić information content (AvgIpc) is 1.58. The van der Waals surface area contributed by atoms with E-state index in [-0.39, 0.29) is 19.8 Å². The smallest absolute Gasteiger partial charge is 0.113 e. The van der Waals surface area contributed by atoms with Gasteiger partial charge in [0.25, 0.3) is 0 Å². The number of hydrogen-bond acceptors (Lipinski definition) is 7. The molecular formula is C72H84O7P4. The van der Waals surface area contributed by atoms with Crippen LogP contribution in [0.15, 0.2) is 218 Å². The SMILES string of the molecule is Cc1ccccc1[P+](CCCO)(c1ccccc1C)c1ccccc1C.Cc1ccccc1[P+](CCCO)(c1ccccc1C)c1ccccc1C.Cc1ccccc1[P+](CCCO)(c1ccccc1C)c1ccccc1C.O=P([O-])([O-])[O-]. The van der Waals surface area contributed by atoms with Crippen LogP contribution in [0.3, 0.4) is 0 Å². The van der Waals surface area contributed by atoms with Crippen molar-refractivity contribution in [3.63, 3.8) is 0 Å². The van der Waals surface area contributed by atoms with E-state index in [1.165, 1.54) is 97.8 Å². The highest BCUT2D eigenvalue weighted by atomic mass is 31.2. The van der Waals surface area contributed by atoms with Crippen molar-refractivity contribution in [1.29, 1.82) is 0 Å². The monoisotopic (exact) mass is 1180 g/mol. The van der Waals surface area contributed by atoms with Crippen molar-refractivity contribution in [3.05, 3.63) is 268 Å². The minimum absolute atomic E-state index is 0.228. The Bertz CT molecular complexity index is 2860. The molecule has 434 valence electrons. The van der Waals surface area contributed by atoms with E-state index in [4.69, 9.17) is 19.2 Å². The van der Waals surface area contributed by atoms with Crippen molar-refractivity contribution in [2.75, 3.05) is 38.3 Å². The molecule has 9 aromatic rings. The first-order valence-corrected chi connectivity index (χ1v) is 36.0. The van der Waals surface area contributed by atoms with E-state index in [0.717, 1.165) is 37.7 Å². The van der Waals surface area contributed by atoms with Gasteiger partial charge >= 0.3 is 0 Å². The molecule has 0 spiro atoms. The molecule has 0 radical (unpaired) electrons. The highest BCUT2D eigenvalue weighted by molar-refractivity contribution is 7.97. The van der Waals surface area contributed by atoms with E-state index < -0.39 is 29.6 Å². The molecule has 83 heavy (non-hydrogen) atoms. The van der Waals surface area contributed by atoms with Gasteiger partial charge in [-0.1, -0.05) is 164 Å². The van der Waals surface area contributed by atoms with E-state index in [9.17, 15) is 15.3 Å². The zero-order valence-corrected chi connectivity index (χ0v) is 53.5. The normalized spacial score (nSPS) is 11.6. The van der Waals surface area contributed by atoms with E-state index in [2.05, 4.69) is 281 Å². The summed E-state index contributed by atoms with van der Waals surface area (Å²) < 4.78 is 8.55. The lowest BCUT2D eigenvalue weighted by Gasteiger charge is -2.36. The van der Waals surface area contributed by atoms with Crippen molar-refractivity contribution in [1.82, 2.24) is 0 Å². The highest BCUT2D eigenvalue weighted by Gasteiger charge is 2.50. The summed E-state index contributed by atoms with van der Waals surface area (Å²) >= 11 is 0. The Labute approximate surface area is 497 Å². The van der Waals surface area contributed by atoms with Crippen LogP contribution in [0, 0.1) is 62.3 Å². The molecule has 9 rings (SSSR count). The van der Waals surface area contributed by atoms with Gasteiger partial charge in [-0.2, -0.15) is 7.82 Å². The van der Waals surface area contributed by atoms with Gasteiger partial charge in [0, 0.05) is 39.1 Å². The number of hydrogen-bond donors (Lipinski definition) is 3. The van der Waals surface area contributed by atoms with Gasteiger partial charge in [0.1, 0.15) is 69.5 Å². The molecule has 0 aliphatic heterocycles. The lowest BCUT2D eigenvalue weighted by atomic mass is 10.2. The minimum atomic E-state index is -5.39. The van der Waals surface area contributed by atoms with Gasteiger partial charge in [-0.25, -0.2) is 0 Å². The Morgan fingerprint density at radius 3 is 0.470 bits per heavy atom. The minimum Gasteiger partial charge on any atom is -0.822 e. The molecule has 0 saturated heterocycles. The van der Waals surface area contributed by atoms with Gasteiger partial charge in [0.05, 0.1) is 18.5 Å². The molecule has 0 saturated carbocycles. The maximum atomic E-state index is 9.70. The van der Waals surface area contributed by atoms with Crippen LogP contribution in [0.5, 0.6) is 0 Å². The Balaban J connectivity index is 0.000000192. The molecule has 3 N–H and O–H groups in total. The largest absolute Gasteiger partial charge is 0.822 e. The predicted molar refractivity (Wildman–Crippen MR) is 355 cm³/mol. The maximum Gasteiger partial charge on any atom is 0.113 e. The summed E-state index contributed by atoms with van der Waals surface area (Å²) in [5.41, 5.74) is 12.0. The number of aryl methyl sites for hydroxylation is 9. The Hall–Kier alpha value is -5.74. The summed E-state index contributed by atoms with van der Waals surface area (Å²) in [5, 5.41) is 42.1. The number of aliphatic hydroxyl groups is 3. The number of aliphatic hydroxyl groups excluding tert-OH is 3. The average molecular weight is 1190 g/mol. The van der Waals surface area contributed by atoms with Crippen molar-refractivity contribution in [2.24, 2.45) is 0 Å². The zero-order valence-electron chi connectivity index (χ0n) is 49.9. The summed E-state index contributed by atoms with van der Waals surface area (Å²) in [6.45, 7) is 20.7. The van der Waals surface area contributed by atoms with Gasteiger partial charge in [0.15, 0.2) is 0 Å². The van der Waals surface area contributed by atoms with E-state index in [0.29, 0.717) is 0 Å². The number of phosphoric acid groups is 1. The standard InChI is InChI=1S/3C24H28OP.H3O4P/c3*1-19-11-4-7-14-22(19)26(18-10-17-25,23-15-8-5-12-20(23)2)24-16-9-6-13-21(24)3;1-5(2,3)4/h3*4-9,11-16,25H,10,17-18H2,1-3H3;(H3,1,2,3,4)/q3*+1;/p-3. The Morgan fingerprint density at radius 2 is 0.373 bits per heavy atom. The number of rotatable bonds is 18. The predicted octanol–water partition coefficient (Wildman–Crippen LogP) is 10.0. The van der Waals surface area contributed by atoms with Gasteiger partial charge in [-0.05, 0) is 167 Å². The van der Waals surface area contributed by atoms with E-state index in [1.807, 2.05) is 0 Å².